The van der Waals surface area contributed by atoms with Crippen molar-refractivity contribution in [1.29, 1.82) is 0 Å². The van der Waals surface area contributed by atoms with Crippen molar-refractivity contribution in [2.75, 3.05) is 11.9 Å². The minimum Gasteiger partial charge on any atom is -0.507 e. The zero-order valence-corrected chi connectivity index (χ0v) is 17.2. The number of nitrogens with zero attached hydrogens (tertiary/aromatic N) is 3. The molecule has 1 aromatic carbocycles. The van der Waals surface area contributed by atoms with E-state index in [0.29, 0.717) is 22.5 Å². The number of benzene rings is 1. The van der Waals surface area contributed by atoms with Crippen LogP contribution in [0, 0.1) is 0 Å². The second-order valence-electron chi connectivity index (χ2n) is 6.86. The van der Waals surface area contributed by atoms with Crippen molar-refractivity contribution in [2.24, 2.45) is 0 Å². The van der Waals surface area contributed by atoms with Crippen molar-refractivity contribution in [1.82, 2.24) is 19.9 Å². The number of aromatic hydroxyl groups is 1. The number of imidazole rings is 1. The second kappa shape index (κ2) is 8.96. The Morgan fingerprint density at radius 2 is 2.00 bits per heavy atom. The molecular formula is C17H20N5O9P. The molecule has 3 aromatic rings. The summed E-state index contributed by atoms with van der Waals surface area (Å²) in [7, 11) is -4.79. The number of aromatic nitrogens is 4. The first kappa shape index (κ1) is 22.4. The number of fused-ring (bicyclic) bond motifs is 1. The summed E-state index contributed by atoms with van der Waals surface area (Å²) in [5.41, 5.74) is 1.33. The van der Waals surface area contributed by atoms with Crippen LogP contribution in [0.4, 0.5) is 5.82 Å². The third kappa shape index (κ3) is 4.81. The lowest BCUT2D eigenvalue weighted by molar-refractivity contribution is -0.116. The van der Waals surface area contributed by atoms with Crippen LogP contribution in [0.3, 0.4) is 0 Å². The van der Waals surface area contributed by atoms with Gasteiger partial charge in [0.1, 0.15) is 41.7 Å². The highest BCUT2D eigenvalue weighted by atomic mass is 31.2. The average molecular weight is 469 g/mol. The van der Waals surface area contributed by atoms with Gasteiger partial charge < -0.3 is 44.9 Å². The van der Waals surface area contributed by atoms with Crippen molar-refractivity contribution in [3.63, 3.8) is 0 Å². The highest BCUT2D eigenvalue weighted by Gasteiger charge is 2.45. The first-order valence-corrected chi connectivity index (χ1v) is 10.8. The molecule has 7 N–H and O–H groups in total. The Labute approximate surface area is 180 Å². The molecule has 15 heteroatoms. The van der Waals surface area contributed by atoms with Gasteiger partial charge in [-0.1, -0.05) is 6.07 Å². The molecule has 1 unspecified atom stereocenters. The van der Waals surface area contributed by atoms with Gasteiger partial charge in [0, 0.05) is 6.54 Å². The number of phosphoric acid groups is 1. The van der Waals surface area contributed by atoms with Gasteiger partial charge in [-0.25, -0.2) is 19.5 Å². The lowest BCUT2D eigenvalue weighted by Gasteiger charge is -2.20. The number of rotatable bonds is 8. The van der Waals surface area contributed by atoms with Crippen LogP contribution >= 0.6 is 7.82 Å². The van der Waals surface area contributed by atoms with Crippen molar-refractivity contribution in [3.8, 4) is 11.5 Å². The van der Waals surface area contributed by atoms with E-state index in [-0.39, 0.29) is 18.0 Å². The normalized spacial score (nSPS) is 23.5. The van der Waals surface area contributed by atoms with Crippen LogP contribution in [0.2, 0.25) is 0 Å². The predicted octanol–water partition coefficient (Wildman–Crippen LogP) is -0.395. The van der Waals surface area contributed by atoms with Gasteiger partial charge in [0.15, 0.2) is 11.5 Å². The number of phenolic OH excluding ortho intramolecular Hbond substituents is 1. The zero-order chi connectivity index (χ0) is 22.9. The maximum absolute atomic E-state index is 10.9. The van der Waals surface area contributed by atoms with E-state index in [9.17, 15) is 19.9 Å². The van der Waals surface area contributed by atoms with Gasteiger partial charge in [-0.3, -0.25) is 4.52 Å². The van der Waals surface area contributed by atoms with Crippen LogP contribution in [0.15, 0.2) is 30.9 Å². The van der Waals surface area contributed by atoms with E-state index in [1.807, 2.05) is 0 Å². The van der Waals surface area contributed by atoms with E-state index in [2.05, 4.69) is 29.8 Å². The van der Waals surface area contributed by atoms with Crippen LogP contribution < -0.4 is 10.1 Å². The molecular weight excluding hydrogens is 449 g/mol. The standard InChI is InChI=1S/C17H20N5O9P/c23-9-2-1-3-10(8(9)4-18-15-12-16(20-6-19-12)22-7-21-15)30-17-14(25)13(24)11(31-17)5-29-32(26,27)28/h1-3,6-7,11,13-14,17,23-25H,4-5H2,(H2,26,27,28)(H2,18,19,20,21,22)/t11-,13-,14-,17?/m1/s1. The van der Waals surface area contributed by atoms with E-state index >= 15 is 0 Å². The number of aliphatic hydroxyl groups excluding tert-OH is 2. The number of nitrogens with one attached hydrogen (secondary N) is 2. The van der Waals surface area contributed by atoms with Gasteiger partial charge in [-0.2, -0.15) is 0 Å². The number of aliphatic hydroxyl groups is 2. The fraction of sp³-hybridized carbons (Fsp3) is 0.353. The topological polar surface area (TPSA) is 212 Å². The molecule has 0 saturated carbocycles. The van der Waals surface area contributed by atoms with Crippen LogP contribution in [0.1, 0.15) is 5.56 Å². The Balaban J connectivity index is 1.48. The van der Waals surface area contributed by atoms with Gasteiger partial charge in [0.25, 0.3) is 0 Å². The second-order valence-corrected chi connectivity index (χ2v) is 8.10. The van der Waals surface area contributed by atoms with E-state index in [4.69, 9.17) is 19.3 Å². The maximum Gasteiger partial charge on any atom is 0.469 e. The van der Waals surface area contributed by atoms with Crippen LogP contribution in [0.25, 0.3) is 11.2 Å². The van der Waals surface area contributed by atoms with E-state index in [1.54, 1.807) is 0 Å². The van der Waals surface area contributed by atoms with Gasteiger partial charge in [0.05, 0.1) is 18.5 Å². The summed E-state index contributed by atoms with van der Waals surface area (Å²) in [5, 5.41) is 33.7. The van der Waals surface area contributed by atoms with Crippen molar-refractivity contribution >= 4 is 24.8 Å². The summed E-state index contributed by atoms with van der Waals surface area (Å²) in [6.07, 6.45) is -2.87. The Bertz CT molecular complexity index is 1140. The summed E-state index contributed by atoms with van der Waals surface area (Å²) in [6, 6.07) is 4.47. The summed E-state index contributed by atoms with van der Waals surface area (Å²) in [6.45, 7) is -0.603. The lowest BCUT2D eigenvalue weighted by atomic mass is 10.1. The molecule has 0 aliphatic carbocycles. The van der Waals surface area contributed by atoms with Crippen molar-refractivity contribution in [3.05, 3.63) is 36.4 Å². The molecule has 1 aliphatic rings. The maximum atomic E-state index is 10.9. The van der Waals surface area contributed by atoms with E-state index < -0.39 is 39.0 Å². The third-order valence-corrected chi connectivity index (χ3v) is 5.22. The number of ether oxygens (including phenoxy) is 2. The molecule has 32 heavy (non-hydrogen) atoms. The van der Waals surface area contributed by atoms with E-state index in [0.717, 1.165) is 0 Å². The molecule has 4 rings (SSSR count). The molecule has 4 atom stereocenters. The highest BCUT2D eigenvalue weighted by molar-refractivity contribution is 7.46. The molecule has 172 valence electrons. The van der Waals surface area contributed by atoms with Gasteiger partial charge in [0.2, 0.25) is 6.29 Å². The van der Waals surface area contributed by atoms with Gasteiger partial charge in [-0.15, -0.1) is 0 Å². The molecule has 14 nitrogen and oxygen atoms in total. The first-order chi connectivity index (χ1) is 15.2. The summed E-state index contributed by atoms with van der Waals surface area (Å²) >= 11 is 0. The Kier molecular flexibility index (Phi) is 6.26. The Morgan fingerprint density at radius 1 is 1.19 bits per heavy atom. The van der Waals surface area contributed by atoms with Crippen LogP contribution in [-0.2, 0) is 20.4 Å². The molecule has 1 fully saturated rings. The fourth-order valence-corrected chi connectivity index (χ4v) is 3.50. The van der Waals surface area contributed by atoms with Gasteiger partial charge in [-0.05, 0) is 12.1 Å². The largest absolute Gasteiger partial charge is 0.507 e. The summed E-state index contributed by atoms with van der Waals surface area (Å²) in [5.74, 6) is 0.462. The number of hydrogen-bond acceptors (Lipinski definition) is 11. The molecule has 0 radical (unpaired) electrons. The lowest BCUT2D eigenvalue weighted by Crippen LogP contribution is -2.36. The SMILES string of the molecule is O=P(O)(O)OC[C@H]1OC(Oc2cccc(O)c2CNc2ncnc3nc[nH]c23)[C@H](O)[C@@H]1O. The fourth-order valence-electron chi connectivity index (χ4n) is 3.16. The molecule has 0 bridgehead atoms. The molecule has 0 spiro atoms. The minimum atomic E-state index is -4.79. The smallest absolute Gasteiger partial charge is 0.469 e. The van der Waals surface area contributed by atoms with Crippen molar-refractivity contribution in [2.45, 2.75) is 31.1 Å². The summed E-state index contributed by atoms with van der Waals surface area (Å²) < 4.78 is 26.2. The summed E-state index contributed by atoms with van der Waals surface area (Å²) in [4.78, 5) is 32.7. The minimum absolute atomic E-state index is 0.0588. The number of anilines is 1. The molecule has 2 aromatic heterocycles. The zero-order valence-electron chi connectivity index (χ0n) is 16.3. The van der Waals surface area contributed by atoms with Crippen molar-refractivity contribution < 1.29 is 43.7 Å². The molecule has 0 amide bonds. The predicted molar refractivity (Wildman–Crippen MR) is 106 cm³/mol. The third-order valence-electron chi connectivity index (χ3n) is 4.73. The van der Waals surface area contributed by atoms with Crippen LogP contribution in [-0.4, -0.2) is 76.3 Å². The average Bonchev–Trinajstić information content (AvgIpc) is 3.32. The monoisotopic (exact) mass is 469 g/mol. The number of phenols is 1. The van der Waals surface area contributed by atoms with E-state index in [1.165, 1.54) is 30.9 Å². The quantitative estimate of drug-likeness (QED) is 0.210. The number of hydrogen-bond donors (Lipinski definition) is 7. The Hall–Kier alpha value is -2.84. The number of aromatic amines is 1. The Morgan fingerprint density at radius 3 is 2.78 bits per heavy atom. The molecule has 1 aliphatic heterocycles. The van der Waals surface area contributed by atoms with Crippen LogP contribution in [0.5, 0.6) is 11.5 Å². The number of phosphoric ester groups is 1. The highest BCUT2D eigenvalue weighted by Crippen LogP contribution is 2.38. The molecule has 3 heterocycles. The number of H-pyrrole nitrogens is 1. The first-order valence-electron chi connectivity index (χ1n) is 9.30. The van der Waals surface area contributed by atoms with Gasteiger partial charge >= 0.3 is 7.82 Å². The molecule has 1 saturated heterocycles.